The summed E-state index contributed by atoms with van der Waals surface area (Å²) < 4.78 is 22.0. The second-order valence-corrected chi connectivity index (χ2v) is 16.5. The van der Waals surface area contributed by atoms with Crippen LogP contribution in [0.3, 0.4) is 0 Å². The molecule has 4 fully saturated rings. The van der Waals surface area contributed by atoms with Crippen LogP contribution in [0.25, 0.3) is 23.4 Å². The number of halogens is 3. The fraction of sp³-hybridized carbons (Fsp3) is 0.325. The number of aromatic nitrogens is 6. The number of carbonyl (C=O) groups excluding carboxylic acids is 5. The Balaban J connectivity index is 0.000000167. The van der Waals surface area contributed by atoms with E-state index in [0.717, 1.165) is 37.1 Å². The second kappa shape index (κ2) is 16.0. The first-order chi connectivity index (χ1) is 28.6. The molecule has 2 aliphatic heterocycles. The van der Waals surface area contributed by atoms with E-state index in [1.165, 1.54) is 22.8 Å². The highest BCUT2D eigenvalue weighted by molar-refractivity contribution is 6.31. The van der Waals surface area contributed by atoms with Gasteiger partial charge in [0, 0.05) is 58.1 Å². The van der Waals surface area contributed by atoms with Gasteiger partial charge in [-0.3, -0.25) is 34.7 Å². The molecular weight excluding hydrogens is 820 g/mol. The molecule has 1 aromatic carbocycles. The molecule has 4 N–H and O–H groups in total. The van der Waals surface area contributed by atoms with E-state index in [1.807, 2.05) is 6.07 Å². The molecule has 5 aromatic rings. The van der Waals surface area contributed by atoms with Crippen LogP contribution in [-0.4, -0.2) is 76.6 Å². The Kier molecular flexibility index (Phi) is 10.8. The van der Waals surface area contributed by atoms with E-state index >= 15 is 0 Å². The molecule has 2 saturated heterocycles. The number of hydrogen-bond acceptors (Lipinski definition) is 12. The van der Waals surface area contributed by atoms with Crippen molar-refractivity contribution in [3.63, 3.8) is 0 Å². The van der Waals surface area contributed by atoms with Crippen LogP contribution in [0.4, 0.5) is 26.6 Å². The zero-order chi connectivity index (χ0) is 42.5. The normalized spacial score (nSPS) is 17.9. The molecule has 0 atom stereocenters. The van der Waals surface area contributed by atoms with Crippen molar-refractivity contribution in [2.24, 2.45) is 0 Å². The van der Waals surface area contributed by atoms with Gasteiger partial charge in [0.1, 0.15) is 34.0 Å². The van der Waals surface area contributed by atoms with E-state index in [0.29, 0.717) is 62.8 Å². The first kappa shape index (κ1) is 40.4. The number of nitrogens with zero attached hydrogens (tertiary/aromatic N) is 7. The number of carbonyl (C=O) groups is 5. The summed E-state index contributed by atoms with van der Waals surface area (Å²) in [6.45, 7) is 5.76. The summed E-state index contributed by atoms with van der Waals surface area (Å²) in [6, 6.07) is 8.03. The second-order valence-electron chi connectivity index (χ2n) is 15.7. The van der Waals surface area contributed by atoms with Crippen LogP contribution < -0.4 is 26.2 Å². The number of rotatable bonds is 9. The third kappa shape index (κ3) is 9.08. The van der Waals surface area contributed by atoms with Crippen LogP contribution in [0.1, 0.15) is 76.0 Å². The third-order valence-electron chi connectivity index (χ3n) is 9.55. The van der Waals surface area contributed by atoms with Gasteiger partial charge >= 0.3 is 6.09 Å². The van der Waals surface area contributed by atoms with Gasteiger partial charge in [0.15, 0.2) is 11.3 Å². The molecule has 17 nitrogen and oxygen atoms in total. The maximum absolute atomic E-state index is 13.3. The lowest BCUT2D eigenvalue weighted by molar-refractivity contribution is -0.125. The molecule has 4 aliphatic rings. The van der Waals surface area contributed by atoms with Crippen molar-refractivity contribution in [1.29, 1.82) is 0 Å². The zero-order valence-electron chi connectivity index (χ0n) is 32.5. The Morgan fingerprint density at radius 2 is 1.52 bits per heavy atom. The van der Waals surface area contributed by atoms with Crippen molar-refractivity contribution in [1.82, 2.24) is 39.8 Å². The first-order valence-corrected chi connectivity index (χ1v) is 19.8. The maximum atomic E-state index is 13.3. The lowest BCUT2D eigenvalue weighted by Gasteiger charge is -2.27. The number of ether oxygens (including phenoxy) is 1. The monoisotopic (exact) mass is 857 g/mol. The van der Waals surface area contributed by atoms with E-state index < -0.39 is 29.3 Å². The number of benzene rings is 1. The summed E-state index contributed by atoms with van der Waals surface area (Å²) in [4.78, 5) is 70.1. The average Bonchev–Trinajstić information content (AvgIpc) is 4.04. The van der Waals surface area contributed by atoms with Gasteiger partial charge in [0.05, 0.1) is 25.2 Å². The molecule has 60 heavy (non-hydrogen) atoms. The van der Waals surface area contributed by atoms with Crippen LogP contribution in [-0.2, 0) is 30.5 Å². The Morgan fingerprint density at radius 1 is 0.900 bits per heavy atom. The number of imide groups is 2. The predicted molar refractivity (Wildman–Crippen MR) is 220 cm³/mol. The molecule has 5 amide bonds. The molecule has 0 spiro atoms. The van der Waals surface area contributed by atoms with E-state index in [2.05, 4.69) is 41.4 Å². The molecule has 2 aliphatic carbocycles. The number of anilines is 3. The highest BCUT2D eigenvalue weighted by Crippen LogP contribution is 2.35. The molecule has 20 heteroatoms. The van der Waals surface area contributed by atoms with Crippen molar-refractivity contribution >= 4 is 93.8 Å². The fourth-order valence-electron chi connectivity index (χ4n) is 6.46. The van der Waals surface area contributed by atoms with Gasteiger partial charge in [0.25, 0.3) is 11.8 Å². The molecular formula is C40H38Cl2FN11O6. The standard InChI is InChI=1S/C21H18ClFN6O2.C19H20ClN5O4/c22-16-7-14(23)2-1-11(16)9-24-17-8-18(26-15-3-4-15)29-20(27-17)13(10-25-29)5-12-6-19(30)28-21(12)31;1-19(2,3)29-18(28)24(12-4-5-12)15-8-13(20)22-16-11(9-21-25(15)16)6-10-7-14(26)23-17(10)27/h1-2,5,7-8,10,15,26H,3-4,6,9H2,(H,24,27)(H,28,30,31);6,8-9,12H,4-5,7H2,1-3H3,(H,23,26,27)/b12-5+;10-6+. The molecule has 0 unspecified atom stereocenters. The maximum Gasteiger partial charge on any atom is 0.416 e. The van der Waals surface area contributed by atoms with Gasteiger partial charge in [-0.2, -0.15) is 19.2 Å². The highest BCUT2D eigenvalue weighted by atomic mass is 35.5. The van der Waals surface area contributed by atoms with Crippen molar-refractivity contribution in [3.05, 3.63) is 86.6 Å². The third-order valence-corrected chi connectivity index (χ3v) is 10.1. The smallest absolute Gasteiger partial charge is 0.416 e. The molecule has 2 saturated carbocycles. The SMILES string of the molecule is CC(C)(C)OC(=O)N(c1cc(Cl)nc2c(/C=C3\CC(=O)NC3=O)cnn12)C1CC1.O=C1C/C(=C\c2cnn3c(NC4CC4)cc(NCc4ccc(F)cc4Cl)nc23)C(=O)N1. The number of nitrogens with one attached hydrogen (secondary N) is 4. The fourth-order valence-corrected chi connectivity index (χ4v) is 6.87. The topological polar surface area (TPSA) is 206 Å². The van der Waals surface area contributed by atoms with E-state index in [9.17, 15) is 28.4 Å². The zero-order valence-corrected chi connectivity index (χ0v) is 34.0. The molecule has 310 valence electrons. The van der Waals surface area contributed by atoms with Crippen LogP contribution in [0.2, 0.25) is 10.2 Å². The van der Waals surface area contributed by atoms with Gasteiger partial charge in [-0.15, -0.1) is 0 Å². The summed E-state index contributed by atoms with van der Waals surface area (Å²) in [7, 11) is 0. The Morgan fingerprint density at radius 3 is 2.07 bits per heavy atom. The molecule has 4 aromatic heterocycles. The van der Waals surface area contributed by atoms with Gasteiger partial charge in [-0.05, 0) is 76.3 Å². The Bertz CT molecular complexity index is 2680. The first-order valence-electron chi connectivity index (χ1n) is 19.1. The van der Waals surface area contributed by atoms with Gasteiger partial charge < -0.3 is 15.4 Å². The number of fused-ring (bicyclic) bond motifs is 2. The van der Waals surface area contributed by atoms with Crippen LogP contribution >= 0.6 is 23.2 Å². The van der Waals surface area contributed by atoms with Crippen molar-refractivity contribution in [2.75, 3.05) is 15.5 Å². The quantitative estimate of drug-likeness (QED) is 0.0782. The summed E-state index contributed by atoms with van der Waals surface area (Å²) in [5.41, 5.74) is 2.84. The van der Waals surface area contributed by atoms with E-state index in [-0.39, 0.29) is 35.9 Å². The van der Waals surface area contributed by atoms with Crippen LogP contribution in [0, 0.1) is 5.82 Å². The highest BCUT2D eigenvalue weighted by Gasteiger charge is 2.38. The largest absolute Gasteiger partial charge is 0.443 e. The van der Waals surface area contributed by atoms with Crippen LogP contribution in [0.5, 0.6) is 0 Å². The lowest BCUT2D eigenvalue weighted by atomic mass is 10.1. The van der Waals surface area contributed by atoms with Gasteiger partial charge in [0.2, 0.25) is 11.8 Å². The number of amides is 5. The van der Waals surface area contributed by atoms with E-state index in [1.54, 1.807) is 60.7 Å². The summed E-state index contributed by atoms with van der Waals surface area (Å²) in [6.07, 6.45) is 9.73. The Hall–Kier alpha value is -6.40. The van der Waals surface area contributed by atoms with Gasteiger partial charge in [-0.25, -0.2) is 19.2 Å². The van der Waals surface area contributed by atoms with Crippen LogP contribution in [0.15, 0.2) is 53.9 Å². The van der Waals surface area contributed by atoms with Crippen molar-refractivity contribution < 1.29 is 33.1 Å². The minimum absolute atomic E-state index is 0.00393. The minimum Gasteiger partial charge on any atom is -0.443 e. The summed E-state index contributed by atoms with van der Waals surface area (Å²) >= 11 is 12.4. The van der Waals surface area contributed by atoms with Crippen molar-refractivity contribution in [3.8, 4) is 0 Å². The van der Waals surface area contributed by atoms with Gasteiger partial charge in [-0.1, -0.05) is 29.3 Å². The average molecular weight is 859 g/mol. The summed E-state index contributed by atoms with van der Waals surface area (Å²) in [5, 5.41) is 20.4. The van der Waals surface area contributed by atoms with Crippen molar-refractivity contribution in [2.45, 2.75) is 83.5 Å². The Labute approximate surface area is 351 Å². The summed E-state index contributed by atoms with van der Waals surface area (Å²) in [5.74, 6) is -0.140. The minimum atomic E-state index is -0.651. The molecule has 0 radical (unpaired) electrons. The molecule has 6 heterocycles. The lowest BCUT2D eigenvalue weighted by Crippen LogP contribution is -2.39. The molecule has 0 bridgehead atoms. The number of hydrogen-bond donors (Lipinski definition) is 4. The van der Waals surface area contributed by atoms with E-state index in [4.69, 9.17) is 27.9 Å². The molecule has 9 rings (SSSR count). The predicted octanol–water partition coefficient (Wildman–Crippen LogP) is 5.85.